The number of hydrogen-bond donors (Lipinski definition) is 3. The molecule has 0 aromatic rings. The van der Waals surface area contributed by atoms with Gasteiger partial charge in [-0.1, -0.05) is 126 Å². The van der Waals surface area contributed by atoms with Crippen LogP contribution >= 0.6 is 7.82 Å². The lowest BCUT2D eigenvalue weighted by Crippen LogP contribution is -2.29. The first-order valence-electron chi connectivity index (χ1n) is 20.8. The number of aliphatic hydroxyl groups is 1. The second-order valence-corrected chi connectivity index (χ2v) is 15.1. The fraction of sp³-hybridized carbons (Fsp3) is 0.721. The normalized spacial score (nSPS) is 14.5. The molecule has 0 aromatic carbocycles. The van der Waals surface area contributed by atoms with Crippen LogP contribution in [0.4, 0.5) is 0 Å². The van der Waals surface area contributed by atoms with Crippen molar-refractivity contribution in [1.29, 1.82) is 0 Å². The smallest absolute Gasteiger partial charge is 0.462 e. The number of hydrogen-bond acceptors (Lipinski definition) is 9. The Morgan fingerprint density at radius 1 is 0.630 bits per heavy atom. The average molecular weight is 782 g/mol. The van der Waals surface area contributed by atoms with Gasteiger partial charge in [-0.15, -0.1) is 0 Å². The fourth-order valence-electron chi connectivity index (χ4n) is 5.25. The maximum absolute atomic E-state index is 12.6. The number of allylic oxidation sites excluding steroid dienone is 10. The Morgan fingerprint density at radius 3 is 1.72 bits per heavy atom. The second-order valence-electron chi connectivity index (χ2n) is 13.6. The molecular formula is C43H76NO9P. The van der Waals surface area contributed by atoms with Gasteiger partial charge < -0.3 is 25.2 Å². The van der Waals surface area contributed by atoms with Gasteiger partial charge in [0.25, 0.3) is 0 Å². The molecule has 3 atom stereocenters. The van der Waals surface area contributed by atoms with Gasteiger partial charge in [-0.2, -0.15) is 0 Å². The molecule has 0 saturated carbocycles. The molecule has 0 amide bonds. The summed E-state index contributed by atoms with van der Waals surface area (Å²) in [7, 11) is -4.40. The molecule has 0 aliphatic heterocycles. The molecule has 0 saturated heterocycles. The minimum atomic E-state index is -4.40. The second kappa shape index (κ2) is 38.9. The zero-order chi connectivity index (χ0) is 39.8. The Hall–Kier alpha value is -2.33. The number of ether oxygens (including phenoxy) is 2. The van der Waals surface area contributed by atoms with Crippen LogP contribution in [-0.4, -0.2) is 60.5 Å². The van der Waals surface area contributed by atoms with E-state index in [-0.39, 0.29) is 38.7 Å². The summed E-state index contributed by atoms with van der Waals surface area (Å²) in [6.45, 7) is 3.35. The third-order valence-corrected chi connectivity index (χ3v) is 9.52. The molecule has 0 bridgehead atoms. The molecule has 0 rings (SSSR count). The van der Waals surface area contributed by atoms with Crippen LogP contribution in [0.15, 0.2) is 60.8 Å². The van der Waals surface area contributed by atoms with Crippen LogP contribution < -0.4 is 5.73 Å². The van der Waals surface area contributed by atoms with E-state index in [4.69, 9.17) is 24.3 Å². The molecule has 0 fully saturated rings. The van der Waals surface area contributed by atoms with Crippen LogP contribution in [0.2, 0.25) is 0 Å². The molecule has 10 nitrogen and oxygen atoms in total. The number of rotatable bonds is 38. The van der Waals surface area contributed by atoms with Gasteiger partial charge in [0.15, 0.2) is 6.10 Å². The third-order valence-electron chi connectivity index (χ3n) is 8.54. The zero-order valence-electron chi connectivity index (χ0n) is 33.8. The molecule has 0 aliphatic carbocycles. The van der Waals surface area contributed by atoms with Crippen LogP contribution in [0.3, 0.4) is 0 Å². The quantitative estimate of drug-likeness (QED) is 0.0239. The number of carbonyl (C=O) groups is 2. The maximum atomic E-state index is 12.6. The number of aliphatic hydroxyl groups excluding tert-OH is 1. The molecule has 0 aromatic heterocycles. The Labute approximate surface area is 328 Å². The number of unbranched alkanes of at least 4 members (excludes halogenated alkanes) is 12. The van der Waals surface area contributed by atoms with Gasteiger partial charge in [-0.3, -0.25) is 18.6 Å². The van der Waals surface area contributed by atoms with Crippen molar-refractivity contribution < 1.29 is 42.7 Å². The molecule has 0 aliphatic rings. The first kappa shape index (κ1) is 51.7. The minimum Gasteiger partial charge on any atom is -0.462 e. The van der Waals surface area contributed by atoms with Crippen LogP contribution in [-0.2, 0) is 32.7 Å². The highest BCUT2D eigenvalue weighted by Crippen LogP contribution is 2.43. The highest BCUT2D eigenvalue weighted by molar-refractivity contribution is 7.47. The van der Waals surface area contributed by atoms with E-state index in [2.05, 4.69) is 61.6 Å². The first-order chi connectivity index (χ1) is 26.2. The van der Waals surface area contributed by atoms with Crippen molar-refractivity contribution in [3.8, 4) is 0 Å². The van der Waals surface area contributed by atoms with Crippen LogP contribution in [0.25, 0.3) is 0 Å². The molecule has 54 heavy (non-hydrogen) atoms. The SMILES string of the molecule is CCCCCC/C=C\CCCCCCCCCC(=O)O[C@H](COC(=O)CCC/C=C\C/C=C\C/C=C\C/C=C\CC[C@@H](O)CC)COP(=O)(O)OCCN. The van der Waals surface area contributed by atoms with Crippen molar-refractivity contribution in [2.45, 2.75) is 174 Å². The molecule has 0 spiro atoms. The number of phosphoric ester groups is 1. The standard InChI is InChI=1S/C43H76NO9P/c1-3-5-6-7-8-9-10-11-12-17-20-23-26-29-32-35-43(47)53-41(39-52-54(48,49)51-37-36-44)38-50-42(46)34-31-28-25-22-19-16-14-13-15-18-21-24-27-30-33-40(45)4-2/h9-10,14-16,18,22,24-25,27,40-41,45H,3-8,11-13,17,19-21,23,26,28-39,44H2,1-2H3,(H,48,49)/b10-9-,16-14-,18-15-,25-22-,27-24-/t40-,41+/m0/s1. The lowest BCUT2D eigenvalue weighted by atomic mass is 10.1. The number of phosphoric acid groups is 1. The van der Waals surface area contributed by atoms with Gasteiger partial charge in [0.1, 0.15) is 6.61 Å². The summed E-state index contributed by atoms with van der Waals surface area (Å²) in [5.74, 6) is -0.922. The van der Waals surface area contributed by atoms with Crippen molar-refractivity contribution in [3.05, 3.63) is 60.8 Å². The summed E-state index contributed by atoms with van der Waals surface area (Å²) in [6.07, 6.45) is 42.0. The van der Waals surface area contributed by atoms with Crippen LogP contribution in [0.5, 0.6) is 0 Å². The average Bonchev–Trinajstić information content (AvgIpc) is 3.16. The van der Waals surface area contributed by atoms with Crippen molar-refractivity contribution in [3.63, 3.8) is 0 Å². The largest absolute Gasteiger partial charge is 0.472 e. The Kier molecular flexibility index (Phi) is 37.2. The Bertz CT molecular complexity index is 1090. The monoisotopic (exact) mass is 782 g/mol. The molecular weight excluding hydrogens is 705 g/mol. The zero-order valence-corrected chi connectivity index (χ0v) is 34.7. The highest BCUT2D eigenvalue weighted by atomic mass is 31.2. The number of esters is 2. The topological polar surface area (TPSA) is 155 Å². The molecule has 11 heteroatoms. The van der Waals surface area contributed by atoms with Gasteiger partial charge in [-0.25, -0.2) is 4.57 Å². The van der Waals surface area contributed by atoms with E-state index in [1.165, 1.54) is 51.4 Å². The highest BCUT2D eigenvalue weighted by Gasteiger charge is 2.25. The van der Waals surface area contributed by atoms with E-state index < -0.39 is 32.5 Å². The van der Waals surface area contributed by atoms with Gasteiger partial charge in [0.05, 0.1) is 19.3 Å². The predicted octanol–water partition coefficient (Wildman–Crippen LogP) is 10.7. The van der Waals surface area contributed by atoms with Crippen molar-refractivity contribution in [2.75, 3.05) is 26.4 Å². The van der Waals surface area contributed by atoms with Gasteiger partial charge in [-0.05, 0) is 83.5 Å². The van der Waals surface area contributed by atoms with E-state index in [9.17, 15) is 24.2 Å². The lowest BCUT2D eigenvalue weighted by Gasteiger charge is -2.19. The van der Waals surface area contributed by atoms with E-state index in [1.807, 2.05) is 13.0 Å². The van der Waals surface area contributed by atoms with Gasteiger partial charge in [0, 0.05) is 19.4 Å². The number of carbonyl (C=O) groups excluding carboxylic acids is 2. The number of nitrogens with two attached hydrogens (primary N) is 1. The maximum Gasteiger partial charge on any atom is 0.472 e. The van der Waals surface area contributed by atoms with E-state index in [0.29, 0.717) is 12.8 Å². The molecule has 1 unspecified atom stereocenters. The summed E-state index contributed by atoms with van der Waals surface area (Å²) in [6, 6.07) is 0. The van der Waals surface area contributed by atoms with Gasteiger partial charge >= 0.3 is 19.8 Å². The lowest BCUT2D eigenvalue weighted by molar-refractivity contribution is -0.161. The Morgan fingerprint density at radius 2 is 1.13 bits per heavy atom. The summed E-state index contributed by atoms with van der Waals surface area (Å²) in [5, 5.41) is 9.55. The Balaban J connectivity index is 4.30. The van der Waals surface area contributed by atoms with E-state index >= 15 is 0 Å². The van der Waals surface area contributed by atoms with Gasteiger partial charge in [0.2, 0.25) is 0 Å². The van der Waals surface area contributed by atoms with Crippen molar-refractivity contribution in [2.24, 2.45) is 5.73 Å². The van der Waals surface area contributed by atoms with Crippen molar-refractivity contribution >= 4 is 19.8 Å². The molecule has 0 radical (unpaired) electrons. The fourth-order valence-corrected chi connectivity index (χ4v) is 6.01. The summed E-state index contributed by atoms with van der Waals surface area (Å²) >= 11 is 0. The molecule has 0 heterocycles. The van der Waals surface area contributed by atoms with Crippen LogP contribution in [0.1, 0.15) is 162 Å². The first-order valence-corrected chi connectivity index (χ1v) is 22.3. The van der Waals surface area contributed by atoms with E-state index in [0.717, 1.165) is 70.6 Å². The van der Waals surface area contributed by atoms with Crippen LogP contribution in [0, 0.1) is 0 Å². The molecule has 312 valence electrons. The van der Waals surface area contributed by atoms with E-state index in [1.54, 1.807) is 0 Å². The predicted molar refractivity (Wildman–Crippen MR) is 221 cm³/mol. The summed E-state index contributed by atoms with van der Waals surface area (Å²) in [4.78, 5) is 34.8. The van der Waals surface area contributed by atoms with Crippen molar-refractivity contribution in [1.82, 2.24) is 0 Å². The summed E-state index contributed by atoms with van der Waals surface area (Å²) in [5.41, 5.74) is 5.33. The summed E-state index contributed by atoms with van der Waals surface area (Å²) < 4.78 is 32.6. The minimum absolute atomic E-state index is 0.0377. The molecule has 4 N–H and O–H groups in total. The third kappa shape index (κ3) is 38.0.